The van der Waals surface area contributed by atoms with Gasteiger partial charge in [0, 0.05) is 6.54 Å². The van der Waals surface area contributed by atoms with Crippen LogP contribution >= 0.6 is 0 Å². The third-order valence-electron chi connectivity index (χ3n) is 5.22. The van der Waals surface area contributed by atoms with E-state index in [9.17, 15) is 17.6 Å². The third kappa shape index (κ3) is 5.23. The first-order chi connectivity index (χ1) is 15.2. The number of carbonyl (C=O) groups excluding carboxylic acids is 1. The van der Waals surface area contributed by atoms with Crippen LogP contribution in [0.15, 0.2) is 83.8 Å². The molecule has 168 valence electrons. The number of sulfonamides is 1. The van der Waals surface area contributed by atoms with Gasteiger partial charge in [-0.15, -0.1) is 0 Å². The molecule has 0 aliphatic heterocycles. The summed E-state index contributed by atoms with van der Waals surface area (Å²) < 4.78 is 47.1. The second-order valence-electron chi connectivity index (χ2n) is 7.79. The minimum atomic E-state index is -3.96. The predicted octanol–water partition coefficient (Wildman–Crippen LogP) is 5.20. The zero-order chi connectivity index (χ0) is 23.3. The van der Waals surface area contributed by atoms with Crippen molar-refractivity contribution in [3.8, 4) is 0 Å². The van der Waals surface area contributed by atoms with Gasteiger partial charge in [0.05, 0.1) is 23.6 Å². The van der Waals surface area contributed by atoms with Crippen molar-refractivity contribution in [3.63, 3.8) is 0 Å². The molecule has 1 atom stereocenters. The van der Waals surface area contributed by atoms with Crippen LogP contribution in [0.25, 0.3) is 0 Å². The van der Waals surface area contributed by atoms with Crippen LogP contribution in [0, 0.1) is 11.7 Å². The number of hydrogen-bond acceptors (Lipinski definition) is 4. The summed E-state index contributed by atoms with van der Waals surface area (Å²) in [4.78, 5) is 11.8. The fourth-order valence-electron chi connectivity index (χ4n) is 3.65. The third-order valence-corrected chi connectivity index (χ3v) is 7.06. The highest BCUT2D eigenvalue weighted by atomic mass is 32.2. The lowest BCUT2D eigenvalue weighted by molar-refractivity contribution is 0.0600. The molecule has 0 radical (unpaired) electrons. The van der Waals surface area contributed by atoms with E-state index in [4.69, 9.17) is 4.74 Å². The summed E-state index contributed by atoms with van der Waals surface area (Å²) in [6, 6.07) is 20.5. The Hall–Kier alpha value is -3.03. The van der Waals surface area contributed by atoms with Crippen molar-refractivity contribution in [2.24, 2.45) is 5.92 Å². The van der Waals surface area contributed by atoms with Gasteiger partial charge < -0.3 is 4.74 Å². The number of esters is 1. The lowest BCUT2D eigenvalue weighted by atomic mass is 9.95. The van der Waals surface area contributed by atoms with Crippen LogP contribution in [0.2, 0.25) is 0 Å². The first-order valence-corrected chi connectivity index (χ1v) is 11.7. The van der Waals surface area contributed by atoms with Gasteiger partial charge in [-0.3, -0.25) is 0 Å². The van der Waals surface area contributed by atoms with E-state index < -0.39 is 27.9 Å². The van der Waals surface area contributed by atoms with E-state index in [1.807, 2.05) is 44.2 Å². The Labute approximate surface area is 188 Å². The lowest BCUT2D eigenvalue weighted by Crippen LogP contribution is -2.37. The monoisotopic (exact) mass is 455 g/mol. The maximum absolute atomic E-state index is 13.7. The molecule has 1 unspecified atom stereocenters. The van der Waals surface area contributed by atoms with Gasteiger partial charge in [-0.2, -0.15) is 4.31 Å². The molecule has 0 bridgehead atoms. The minimum Gasteiger partial charge on any atom is -0.465 e. The van der Waals surface area contributed by atoms with Gasteiger partial charge in [0.1, 0.15) is 5.82 Å². The number of rotatable bonds is 8. The Morgan fingerprint density at radius 3 is 2.06 bits per heavy atom. The molecule has 0 heterocycles. The normalized spacial score (nSPS) is 12.7. The second-order valence-corrected chi connectivity index (χ2v) is 9.68. The van der Waals surface area contributed by atoms with E-state index in [-0.39, 0.29) is 17.4 Å². The van der Waals surface area contributed by atoms with E-state index in [1.54, 1.807) is 24.3 Å². The van der Waals surface area contributed by atoms with Gasteiger partial charge in [0.25, 0.3) is 0 Å². The molecule has 0 saturated heterocycles. The minimum absolute atomic E-state index is 0.0201. The van der Waals surface area contributed by atoms with E-state index >= 15 is 0 Å². The molecular formula is C25H26FNO4S. The molecular weight excluding hydrogens is 429 g/mol. The number of methoxy groups -OCH3 is 1. The van der Waals surface area contributed by atoms with Crippen LogP contribution < -0.4 is 0 Å². The Morgan fingerprint density at radius 2 is 1.53 bits per heavy atom. The van der Waals surface area contributed by atoms with Crippen molar-refractivity contribution in [1.29, 1.82) is 0 Å². The molecule has 0 amide bonds. The molecule has 0 aromatic heterocycles. The van der Waals surface area contributed by atoms with Crippen molar-refractivity contribution in [1.82, 2.24) is 4.31 Å². The Morgan fingerprint density at radius 1 is 0.938 bits per heavy atom. The summed E-state index contributed by atoms with van der Waals surface area (Å²) >= 11 is 0. The summed E-state index contributed by atoms with van der Waals surface area (Å²) in [6.45, 7) is 4.01. The SMILES string of the molecule is COC(=O)c1ccc(CN(C(c2ccccc2)C(C)C)S(=O)(=O)c2ccc(F)cc2)cc1. The summed E-state index contributed by atoms with van der Waals surface area (Å²) in [6.07, 6.45) is 0. The summed E-state index contributed by atoms with van der Waals surface area (Å²) in [5, 5.41) is 0. The summed E-state index contributed by atoms with van der Waals surface area (Å²) in [7, 11) is -2.66. The maximum Gasteiger partial charge on any atom is 0.337 e. The van der Waals surface area contributed by atoms with Crippen LogP contribution in [-0.2, 0) is 21.3 Å². The first-order valence-electron chi connectivity index (χ1n) is 10.2. The van der Waals surface area contributed by atoms with Crippen molar-refractivity contribution in [2.45, 2.75) is 31.3 Å². The van der Waals surface area contributed by atoms with E-state index in [0.717, 1.165) is 17.7 Å². The molecule has 32 heavy (non-hydrogen) atoms. The molecule has 0 fully saturated rings. The number of nitrogens with zero attached hydrogens (tertiary/aromatic N) is 1. The molecule has 0 aliphatic rings. The molecule has 3 aromatic rings. The van der Waals surface area contributed by atoms with Gasteiger partial charge in [0.2, 0.25) is 10.0 Å². The van der Waals surface area contributed by atoms with Crippen LogP contribution in [0.1, 0.15) is 41.4 Å². The highest BCUT2D eigenvalue weighted by Gasteiger charge is 2.34. The lowest BCUT2D eigenvalue weighted by Gasteiger charge is -2.34. The molecule has 3 aromatic carbocycles. The van der Waals surface area contributed by atoms with Crippen molar-refractivity contribution >= 4 is 16.0 Å². The standard InChI is InChI=1S/C25H26FNO4S/c1-18(2)24(20-7-5-4-6-8-20)27(32(29,30)23-15-13-22(26)14-16-23)17-19-9-11-21(12-10-19)25(28)31-3/h4-16,18,24H,17H2,1-3H3. The number of ether oxygens (including phenoxy) is 1. The molecule has 0 saturated carbocycles. The van der Waals surface area contributed by atoms with Gasteiger partial charge in [-0.05, 0) is 53.4 Å². The average Bonchev–Trinajstić information content (AvgIpc) is 2.79. The fourth-order valence-corrected chi connectivity index (χ4v) is 5.39. The quantitative estimate of drug-likeness (QED) is 0.438. The van der Waals surface area contributed by atoms with Crippen LogP contribution in [0.4, 0.5) is 4.39 Å². The Balaban J connectivity index is 2.08. The predicted molar refractivity (Wildman–Crippen MR) is 121 cm³/mol. The highest BCUT2D eigenvalue weighted by molar-refractivity contribution is 7.89. The number of carbonyl (C=O) groups is 1. The zero-order valence-corrected chi connectivity index (χ0v) is 19.1. The molecule has 0 aliphatic carbocycles. The van der Waals surface area contributed by atoms with Gasteiger partial charge >= 0.3 is 5.97 Å². The second kappa shape index (κ2) is 10.1. The average molecular weight is 456 g/mol. The van der Waals surface area contributed by atoms with E-state index in [2.05, 4.69) is 0 Å². The number of hydrogen-bond donors (Lipinski definition) is 0. The van der Waals surface area contributed by atoms with E-state index in [0.29, 0.717) is 11.1 Å². The zero-order valence-electron chi connectivity index (χ0n) is 18.2. The summed E-state index contributed by atoms with van der Waals surface area (Å²) in [5.41, 5.74) is 1.96. The summed E-state index contributed by atoms with van der Waals surface area (Å²) in [5.74, 6) is -1.00. The van der Waals surface area contributed by atoms with Crippen LogP contribution in [0.3, 0.4) is 0 Å². The number of halogens is 1. The largest absolute Gasteiger partial charge is 0.465 e. The van der Waals surface area contributed by atoms with Gasteiger partial charge in [-0.1, -0.05) is 56.3 Å². The smallest absolute Gasteiger partial charge is 0.337 e. The van der Waals surface area contributed by atoms with Crippen LogP contribution in [0.5, 0.6) is 0 Å². The Kier molecular flexibility index (Phi) is 7.43. The number of benzene rings is 3. The van der Waals surface area contributed by atoms with Crippen molar-refractivity contribution < 1.29 is 22.3 Å². The Bertz CT molecular complexity index is 1140. The maximum atomic E-state index is 13.7. The van der Waals surface area contributed by atoms with Crippen molar-refractivity contribution in [2.75, 3.05) is 7.11 Å². The highest BCUT2D eigenvalue weighted by Crippen LogP contribution is 2.35. The molecule has 5 nitrogen and oxygen atoms in total. The fraction of sp³-hybridized carbons (Fsp3) is 0.240. The van der Waals surface area contributed by atoms with Gasteiger partial charge in [-0.25, -0.2) is 17.6 Å². The van der Waals surface area contributed by atoms with E-state index in [1.165, 1.54) is 23.5 Å². The molecule has 3 rings (SSSR count). The van der Waals surface area contributed by atoms with Crippen LogP contribution in [-0.4, -0.2) is 25.8 Å². The molecule has 7 heteroatoms. The topological polar surface area (TPSA) is 63.7 Å². The molecule has 0 spiro atoms. The molecule has 0 N–H and O–H groups in total. The first kappa shape index (κ1) is 23.6. The van der Waals surface area contributed by atoms with Crippen molar-refractivity contribution in [3.05, 3.63) is 101 Å². The van der Waals surface area contributed by atoms with Gasteiger partial charge in [0.15, 0.2) is 0 Å².